The van der Waals surface area contributed by atoms with E-state index in [9.17, 15) is 43.9 Å². The lowest BCUT2D eigenvalue weighted by atomic mass is 9.94. The van der Waals surface area contributed by atoms with Crippen LogP contribution in [0.2, 0.25) is 0 Å². The molecule has 1 saturated heterocycles. The summed E-state index contributed by atoms with van der Waals surface area (Å²) in [5.41, 5.74) is -3.39. The fraction of sp³-hybridized carbons (Fsp3) is 0.294. The van der Waals surface area contributed by atoms with Gasteiger partial charge in [0, 0.05) is 0 Å². The molecule has 2 aromatic carbocycles. The van der Waals surface area contributed by atoms with Crippen LogP contribution in [0.1, 0.15) is 30.0 Å². The Labute approximate surface area is 151 Å². The molecule has 0 amide bonds. The van der Waals surface area contributed by atoms with Gasteiger partial charge in [0.1, 0.15) is 0 Å². The Hall–Kier alpha value is -2.30. The lowest BCUT2D eigenvalue weighted by Gasteiger charge is -2.30. The van der Waals surface area contributed by atoms with Crippen molar-refractivity contribution in [2.45, 2.75) is 18.9 Å². The molecule has 1 aliphatic rings. The molecule has 1 aliphatic heterocycles. The summed E-state index contributed by atoms with van der Waals surface area (Å²) in [7, 11) is 0. The minimum absolute atomic E-state index is 0.135. The fourth-order valence-corrected chi connectivity index (χ4v) is 3.23. The van der Waals surface area contributed by atoms with Crippen LogP contribution < -0.4 is 0 Å². The van der Waals surface area contributed by atoms with Gasteiger partial charge in [-0.2, -0.15) is 0 Å². The van der Waals surface area contributed by atoms with Crippen molar-refractivity contribution in [1.29, 1.82) is 0 Å². The first-order valence-electron chi connectivity index (χ1n) is 7.86. The maximum Gasteiger partial charge on any atom is 0.200 e. The zero-order valence-corrected chi connectivity index (χ0v) is 13.6. The molecule has 0 N–H and O–H groups in total. The largest absolute Gasteiger partial charge is 0.292 e. The topological polar surface area (TPSA) is 3.24 Å². The van der Waals surface area contributed by atoms with E-state index in [2.05, 4.69) is 0 Å². The summed E-state index contributed by atoms with van der Waals surface area (Å²) in [6.07, 6.45) is 0.614. The summed E-state index contributed by atoms with van der Waals surface area (Å²) in [5, 5.41) is 0. The average Bonchev–Trinajstić information content (AvgIpc) is 3.21. The number of hydrogen-bond acceptors (Lipinski definition) is 1. The average molecular weight is 417 g/mol. The van der Waals surface area contributed by atoms with E-state index in [1.165, 1.54) is 0 Å². The molecule has 1 nitrogen and oxygen atoms in total. The Kier molecular flexibility index (Phi) is 5.30. The first kappa shape index (κ1) is 20.4. The van der Waals surface area contributed by atoms with E-state index in [0.717, 1.165) is 4.90 Å². The molecular formula is C17H9F10N. The summed E-state index contributed by atoms with van der Waals surface area (Å²) in [6.45, 7) is -0.271. The zero-order valence-electron chi connectivity index (χ0n) is 13.6. The summed E-state index contributed by atoms with van der Waals surface area (Å²) in [6, 6.07) is -2.42. The SMILES string of the molecule is Fc1c(F)c(F)c(C(c2c(F)c(F)c(F)c(F)c2F)N2CCCC2)c(F)c1F. The smallest absolute Gasteiger partial charge is 0.200 e. The van der Waals surface area contributed by atoms with E-state index in [1.54, 1.807) is 0 Å². The Morgan fingerprint density at radius 1 is 0.429 bits per heavy atom. The van der Waals surface area contributed by atoms with Gasteiger partial charge in [-0.3, -0.25) is 4.90 Å². The summed E-state index contributed by atoms with van der Waals surface area (Å²) in [4.78, 5) is 0.885. The van der Waals surface area contributed by atoms with Crippen LogP contribution in [0.15, 0.2) is 0 Å². The van der Waals surface area contributed by atoms with Gasteiger partial charge in [-0.25, -0.2) is 43.9 Å². The molecule has 0 atom stereocenters. The summed E-state index contributed by atoms with van der Waals surface area (Å²) < 4.78 is 138. The molecule has 0 radical (unpaired) electrons. The number of likely N-dealkylation sites (tertiary alicyclic amines) is 1. The summed E-state index contributed by atoms with van der Waals surface area (Å²) >= 11 is 0. The van der Waals surface area contributed by atoms with Crippen molar-refractivity contribution >= 4 is 0 Å². The third kappa shape index (κ3) is 2.92. The van der Waals surface area contributed by atoms with Crippen LogP contribution in [0.5, 0.6) is 0 Å². The predicted octanol–water partition coefficient (Wildman–Crippen LogP) is 5.26. The molecule has 3 rings (SSSR count). The molecule has 1 fully saturated rings. The van der Waals surface area contributed by atoms with Crippen LogP contribution >= 0.6 is 0 Å². The van der Waals surface area contributed by atoms with Crippen LogP contribution in [0.25, 0.3) is 0 Å². The molecule has 0 aromatic heterocycles. The highest BCUT2D eigenvalue weighted by atomic mass is 19.2. The van der Waals surface area contributed by atoms with E-state index < -0.39 is 75.3 Å². The Balaban J connectivity index is 2.40. The maximum atomic E-state index is 14.3. The standard InChI is InChI=1S/C17H9F10N/c18-7-5(8(19)12(23)15(26)11(7)22)17(28-3-1-2-4-28)6-9(20)13(24)16(27)14(25)10(6)21/h17H,1-4H2. The van der Waals surface area contributed by atoms with Crippen molar-refractivity contribution in [3.8, 4) is 0 Å². The molecule has 28 heavy (non-hydrogen) atoms. The van der Waals surface area contributed by atoms with Gasteiger partial charge in [0.15, 0.2) is 46.5 Å². The minimum atomic E-state index is -2.52. The quantitative estimate of drug-likeness (QED) is 0.374. The molecule has 11 heteroatoms. The van der Waals surface area contributed by atoms with E-state index in [0.29, 0.717) is 12.8 Å². The first-order chi connectivity index (χ1) is 13.1. The molecule has 152 valence electrons. The van der Waals surface area contributed by atoms with E-state index in [-0.39, 0.29) is 13.1 Å². The van der Waals surface area contributed by atoms with Gasteiger partial charge in [-0.15, -0.1) is 0 Å². The third-order valence-corrected chi connectivity index (χ3v) is 4.54. The van der Waals surface area contributed by atoms with Gasteiger partial charge < -0.3 is 0 Å². The van der Waals surface area contributed by atoms with E-state index in [4.69, 9.17) is 0 Å². The Morgan fingerprint density at radius 2 is 0.679 bits per heavy atom. The van der Waals surface area contributed by atoms with Gasteiger partial charge in [0.25, 0.3) is 0 Å². The lowest BCUT2D eigenvalue weighted by molar-refractivity contribution is 0.241. The lowest BCUT2D eigenvalue weighted by Crippen LogP contribution is -2.31. The van der Waals surface area contributed by atoms with Crippen molar-refractivity contribution < 1.29 is 43.9 Å². The fourth-order valence-electron chi connectivity index (χ4n) is 3.23. The first-order valence-corrected chi connectivity index (χ1v) is 7.86. The number of benzene rings is 2. The molecular weight excluding hydrogens is 408 g/mol. The molecule has 0 saturated carbocycles. The number of rotatable bonds is 3. The van der Waals surface area contributed by atoms with Gasteiger partial charge in [0.2, 0.25) is 11.6 Å². The maximum absolute atomic E-state index is 14.3. The van der Waals surface area contributed by atoms with Crippen LogP contribution in [0.4, 0.5) is 43.9 Å². The van der Waals surface area contributed by atoms with E-state index in [1.807, 2.05) is 0 Å². The molecule has 0 bridgehead atoms. The van der Waals surface area contributed by atoms with Gasteiger partial charge in [0.05, 0.1) is 17.2 Å². The normalized spacial score (nSPS) is 15.1. The van der Waals surface area contributed by atoms with Crippen molar-refractivity contribution in [3.05, 3.63) is 69.3 Å². The van der Waals surface area contributed by atoms with E-state index >= 15 is 0 Å². The van der Waals surface area contributed by atoms with Crippen LogP contribution in [-0.4, -0.2) is 18.0 Å². The van der Waals surface area contributed by atoms with Crippen molar-refractivity contribution in [2.24, 2.45) is 0 Å². The monoisotopic (exact) mass is 417 g/mol. The van der Waals surface area contributed by atoms with Crippen LogP contribution in [-0.2, 0) is 0 Å². The van der Waals surface area contributed by atoms with Crippen LogP contribution in [0.3, 0.4) is 0 Å². The second-order valence-corrected chi connectivity index (χ2v) is 6.11. The second kappa shape index (κ2) is 7.26. The van der Waals surface area contributed by atoms with Gasteiger partial charge in [-0.1, -0.05) is 0 Å². The second-order valence-electron chi connectivity index (χ2n) is 6.11. The van der Waals surface area contributed by atoms with Gasteiger partial charge >= 0.3 is 0 Å². The molecule has 0 spiro atoms. The molecule has 2 aromatic rings. The number of nitrogens with zero attached hydrogens (tertiary/aromatic N) is 1. The summed E-state index contributed by atoms with van der Waals surface area (Å²) in [5.74, 6) is -24.3. The minimum Gasteiger partial charge on any atom is -0.292 e. The van der Waals surface area contributed by atoms with Gasteiger partial charge in [-0.05, 0) is 25.9 Å². The molecule has 0 aliphatic carbocycles. The Morgan fingerprint density at radius 3 is 0.964 bits per heavy atom. The molecule has 0 unspecified atom stereocenters. The zero-order chi connectivity index (χ0) is 20.9. The number of hydrogen-bond donors (Lipinski definition) is 0. The highest BCUT2D eigenvalue weighted by Gasteiger charge is 2.40. The highest BCUT2D eigenvalue weighted by molar-refractivity contribution is 5.38. The number of halogens is 10. The van der Waals surface area contributed by atoms with Crippen molar-refractivity contribution in [1.82, 2.24) is 4.90 Å². The highest BCUT2D eigenvalue weighted by Crippen LogP contribution is 2.40. The van der Waals surface area contributed by atoms with Crippen molar-refractivity contribution in [3.63, 3.8) is 0 Å². The predicted molar refractivity (Wildman–Crippen MR) is 75.1 cm³/mol. The third-order valence-electron chi connectivity index (χ3n) is 4.54. The Bertz CT molecular complexity index is 824. The molecule has 1 heterocycles. The van der Waals surface area contributed by atoms with Crippen molar-refractivity contribution in [2.75, 3.05) is 13.1 Å². The van der Waals surface area contributed by atoms with Crippen LogP contribution in [0, 0.1) is 58.2 Å².